The quantitative estimate of drug-likeness (QED) is 0.862. The number of furan rings is 1. The molecule has 0 radical (unpaired) electrons. The van der Waals surface area contributed by atoms with E-state index in [4.69, 9.17) is 4.42 Å². The molecule has 1 aromatic heterocycles. The number of benzene rings is 1. The van der Waals surface area contributed by atoms with Crippen LogP contribution in [0.4, 0.5) is 17.6 Å². The summed E-state index contributed by atoms with van der Waals surface area (Å²) in [7, 11) is 1.50. The summed E-state index contributed by atoms with van der Waals surface area (Å²) in [4.78, 5) is 0. The zero-order valence-corrected chi connectivity index (χ0v) is 9.96. The largest absolute Gasteiger partial charge is 0.472 e. The van der Waals surface area contributed by atoms with Crippen LogP contribution < -0.4 is 5.32 Å². The highest BCUT2D eigenvalue weighted by Crippen LogP contribution is 2.36. The lowest BCUT2D eigenvalue weighted by atomic mass is 9.95. The zero-order chi connectivity index (χ0) is 14.0. The van der Waals surface area contributed by atoms with Crippen LogP contribution in [0, 0.1) is 5.82 Å². The van der Waals surface area contributed by atoms with Gasteiger partial charge in [-0.1, -0.05) is 0 Å². The molecule has 1 atom stereocenters. The summed E-state index contributed by atoms with van der Waals surface area (Å²) in [6.45, 7) is 0. The van der Waals surface area contributed by atoms with Crippen molar-refractivity contribution < 1.29 is 22.0 Å². The van der Waals surface area contributed by atoms with Gasteiger partial charge in [0, 0.05) is 5.56 Å². The highest BCUT2D eigenvalue weighted by Gasteiger charge is 2.35. The Bertz CT molecular complexity index is 548. The van der Waals surface area contributed by atoms with Crippen molar-refractivity contribution in [1.82, 2.24) is 5.32 Å². The molecule has 102 valence electrons. The van der Waals surface area contributed by atoms with Gasteiger partial charge in [-0.05, 0) is 36.9 Å². The molecule has 0 spiro atoms. The first-order chi connectivity index (χ1) is 8.93. The Morgan fingerprint density at radius 3 is 2.47 bits per heavy atom. The third-order valence-electron chi connectivity index (χ3n) is 2.80. The first-order valence-electron chi connectivity index (χ1n) is 5.49. The van der Waals surface area contributed by atoms with Crippen LogP contribution in [0.15, 0.2) is 41.2 Å². The van der Waals surface area contributed by atoms with Gasteiger partial charge in [-0.15, -0.1) is 0 Å². The van der Waals surface area contributed by atoms with Crippen molar-refractivity contribution in [3.8, 4) is 0 Å². The third-order valence-corrected chi connectivity index (χ3v) is 2.80. The van der Waals surface area contributed by atoms with Gasteiger partial charge in [0.15, 0.2) is 0 Å². The molecule has 6 heteroatoms. The van der Waals surface area contributed by atoms with E-state index in [-0.39, 0.29) is 5.56 Å². The number of rotatable bonds is 3. The van der Waals surface area contributed by atoms with E-state index in [1.54, 1.807) is 0 Å². The Hall–Kier alpha value is -1.82. The van der Waals surface area contributed by atoms with E-state index in [0.29, 0.717) is 5.56 Å². The molecular formula is C13H11F4NO. The first kappa shape index (κ1) is 13.6. The molecule has 0 aliphatic carbocycles. The predicted molar refractivity (Wildman–Crippen MR) is 61.0 cm³/mol. The molecule has 19 heavy (non-hydrogen) atoms. The number of hydrogen-bond acceptors (Lipinski definition) is 2. The average Bonchev–Trinajstić information content (AvgIpc) is 2.82. The molecule has 2 aromatic rings. The Balaban J connectivity index is 2.56. The molecule has 0 aliphatic rings. The minimum absolute atomic E-state index is 0.170. The van der Waals surface area contributed by atoms with Crippen LogP contribution in [-0.2, 0) is 6.18 Å². The van der Waals surface area contributed by atoms with Gasteiger partial charge in [-0.2, -0.15) is 13.2 Å². The van der Waals surface area contributed by atoms with E-state index in [2.05, 4.69) is 5.32 Å². The fraction of sp³-hybridized carbons (Fsp3) is 0.231. The minimum Gasteiger partial charge on any atom is -0.472 e. The zero-order valence-electron chi connectivity index (χ0n) is 9.96. The number of halogens is 4. The number of nitrogens with one attached hydrogen (secondary N) is 1. The molecule has 0 saturated carbocycles. The van der Waals surface area contributed by atoms with E-state index in [1.165, 1.54) is 25.6 Å². The molecule has 1 heterocycles. The Labute approximate surface area is 107 Å². The second kappa shape index (κ2) is 5.05. The summed E-state index contributed by atoms with van der Waals surface area (Å²) in [5.41, 5.74) is -0.538. The lowest BCUT2D eigenvalue weighted by Gasteiger charge is -2.20. The molecule has 0 bridgehead atoms. The van der Waals surface area contributed by atoms with Crippen molar-refractivity contribution in [1.29, 1.82) is 0 Å². The first-order valence-corrected chi connectivity index (χ1v) is 5.49. The monoisotopic (exact) mass is 273 g/mol. The molecule has 0 amide bonds. The standard InChI is InChI=1S/C13H11F4NO/c1-18-12(8-4-5-19-7-8)10-6-9(14)2-3-11(10)13(15,16)17/h2-7,12,18H,1H3. The molecule has 1 aromatic carbocycles. The number of hydrogen-bond donors (Lipinski definition) is 1. The second-order valence-corrected chi connectivity index (χ2v) is 4.01. The summed E-state index contributed by atoms with van der Waals surface area (Å²) < 4.78 is 56.9. The summed E-state index contributed by atoms with van der Waals surface area (Å²) in [5, 5.41) is 2.73. The van der Waals surface area contributed by atoms with Gasteiger partial charge in [-0.3, -0.25) is 0 Å². The van der Waals surface area contributed by atoms with Gasteiger partial charge in [0.05, 0.1) is 24.1 Å². The van der Waals surface area contributed by atoms with Gasteiger partial charge in [-0.25, -0.2) is 4.39 Å². The molecular weight excluding hydrogens is 262 g/mol. The van der Waals surface area contributed by atoms with Crippen molar-refractivity contribution in [2.24, 2.45) is 0 Å². The average molecular weight is 273 g/mol. The summed E-state index contributed by atoms with van der Waals surface area (Å²) in [5.74, 6) is -0.716. The fourth-order valence-corrected chi connectivity index (χ4v) is 1.97. The van der Waals surface area contributed by atoms with Crippen LogP contribution >= 0.6 is 0 Å². The van der Waals surface area contributed by atoms with Gasteiger partial charge in [0.2, 0.25) is 0 Å². The minimum atomic E-state index is -4.54. The summed E-state index contributed by atoms with van der Waals surface area (Å²) in [6.07, 6.45) is -1.86. The molecule has 0 saturated heterocycles. The Morgan fingerprint density at radius 1 is 1.21 bits per heavy atom. The van der Waals surface area contributed by atoms with Gasteiger partial charge >= 0.3 is 6.18 Å². The highest BCUT2D eigenvalue weighted by molar-refractivity contribution is 5.38. The maximum absolute atomic E-state index is 13.3. The maximum atomic E-state index is 13.3. The molecule has 2 nitrogen and oxygen atoms in total. The molecule has 1 unspecified atom stereocenters. The van der Waals surface area contributed by atoms with E-state index in [0.717, 1.165) is 18.2 Å². The van der Waals surface area contributed by atoms with E-state index >= 15 is 0 Å². The van der Waals surface area contributed by atoms with Crippen LogP contribution in [0.2, 0.25) is 0 Å². The van der Waals surface area contributed by atoms with Gasteiger partial charge in [0.25, 0.3) is 0 Å². The smallest absolute Gasteiger partial charge is 0.416 e. The van der Waals surface area contributed by atoms with Crippen molar-refractivity contribution in [2.75, 3.05) is 7.05 Å². The molecule has 1 N–H and O–H groups in total. The topological polar surface area (TPSA) is 25.2 Å². The van der Waals surface area contributed by atoms with Gasteiger partial charge in [0.1, 0.15) is 5.82 Å². The third kappa shape index (κ3) is 2.78. The summed E-state index contributed by atoms with van der Waals surface area (Å²) in [6, 6.07) is 3.18. The SMILES string of the molecule is CNC(c1ccoc1)c1cc(F)ccc1C(F)(F)F. The second-order valence-electron chi connectivity index (χ2n) is 4.01. The normalized spacial score (nSPS) is 13.5. The van der Waals surface area contributed by atoms with Crippen LogP contribution in [0.3, 0.4) is 0 Å². The molecule has 2 rings (SSSR count). The van der Waals surface area contributed by atoms with Crippen molar-refractivity contribution >= 4 is 0 Å². The summed E-state index contributed by atoms with van der Waals surface area (Å²) >= 11 is 0. The Kier molecular flexibility index (Phi) is 3.61. The van der Waals surface area contributed by atoms with E-state index < -0.39 is 23.6 Å². The van der Waals surface area contributed by atoms with Crippen molar-refractivity contribution in [2.45, 2.75) is 12.2 Å². The lowest BCUT2D eigenvalue weighted by molar-refractivity contribution is -0.138. The highest BCUT2D eigenvalue weighted by atomic mass is 19.4. The van der Waals surface area contributed by atoms with Crippen LogP contribution in [0.1, 0.15) is 22.7 Å². The van der Waals surface area contributed by atoms with Crippen LogP contribution in [0.25, 0.3) is 0 Å². The van der Waals surface area contributed by atoms with Crippen LogP contribution in [0.5, 0.6) is 0 Å². The van der Waals surface area contributed by atoms with E-state index in [1.807, 2.05) is 0 Å². The van der Waals surface area contributed by atoms with E-state index in [9.17, 15) is 17.6 Å². The maximum Gasteiger partial charge on any atom is 0.416 e. The van der Waals surface area contributed by atoms with Crippen molar-refractivity contribution in [3.05, 3.63) is 59.3 Å². The van der Waals surface area contributed by atoms with Crippen molar-refractivity contribution in [3.63, 3.8) is 0 Å². The predicted octanol–water partition coefficient (Wildman–Crippen LogP) is 3.75. The van der Waals surface area contributed by atoms with Crippen LogP contribution in [-0.4, -0.2) is 7.05 Å². The van der Waals surface area contributed by atoms with Gasteiger partial charge < -0.3 is 9.73 Å². The molecule has 0 aliphatic heterocycles. The Morgan fingerprint density at radius 2 is 1.95 bits per heavy atom. The number of alkyl halides is 3. The molecule has 0 fully saturated rings. The fourth-order valence-electron chi connectivity index (χ4n) is 1.97. The lowest BCUT2D eigenvalue weighted by Crippen LogP contribution is -2.21.